The summed E-state index contributed by atoms with van der Waals surface area (Å²) < 4.78 is 6.75. The van der Waals surface area contributed by atoms with Crippen molar-refractivity contribution in [2.75, 3.05) is 6.61 Å². The summed E-state index contributed by atoms with van der Waals surface area (Å²) in [5.74, 6) is 6.34. The van der Waals surface area contributed by atoms with Gasteiger partial charge < -0.3 is 4.74 Å². The summed E-state index contributed by atoms with van der Waals surface area (Å²) in [5, 5.41) is 0. The van der Waals surface area contributed by atoms with Crippen LogP contribution in [0, 0.1) is 11.8 Å². The molecule has 0 amide bonds. The number of rotatable bonds is 3. The van der Waals surface area contributed by atoms with Gasteiger partial charge in [0.2, 0.25) is 0 Å². The molecule has 0 saturated heterocycles. The van der Waals surface area contributed by atoms with E-state index in [1.54, 1.807) is 0 Å². The monoisotopic (exact) mass is 314 g/mol. The van der Waals surface area contributed by atoms with E-state index in [0.29, 0.717) is 6.61 Å². The van der Waals surface area contributed by atoms with Gasteiger partial charge in [-0.25, -0.2) is 0 Å². The normalized spacial score (nSPS) is 11.5. The Hall–Kier alpha value is -1.56. The lowest BCUT2D eigenvalue weighted by atomic mass is 10.1. The fourth-order valence-corrected chi connectivity index (χ4v) is 1.96. The van der Waals surface area contributed by atoms with Crippen LogP contribution in [0.1, 0.15) is 24.2 Å². The molecule has 0 aromatic heterocycles. The Morgan fingerprint density at radius 2 is 1.74 bits per heavy atom. The third-order valence-corrected chi connectivity index (χ3v) is 3.16. The molecule has 0 bridgehead atoms. The topological polar surface area (TPSA) is 9.23 Å². The van der Waals surface area contributed by atoms with Gasteiger partial charge >= 0.3 is 0 Å². The highest BCUT2D eigenvalue weighted by Gasteiger charge is 2.06. The second-order valence-corrected chi connectivity index (χ2v) is 4.94. The molecule has 0 spiro atoms. The lowest BCUT2D eigenvalue weighted by Gasteiger charge is -2.10. The summed E-state index contributed by atoms with van der Waals surface area (Å²) in [5.41, 5.74) is 2.08. The minimum atomic E-state index is -0.171. The Morgan fingerprint density at radius 1 is 1.05 bits per heavy atom. The number of hydrogen-bond donors (Lipinski definition) is 0. The number of hydrogen-bond acceptors (Lipinski definition) is 1. The SMILES string of the molecule is CCOC(C#Cc1ccc(Br)cc1)c1ccccc1. The zero-order valence-electron chi connectivity index (χ0n) is 10.8. The van der Waals surface area contributed by atoms with Gasteiger partial charge in [-0.2, -0.15) is 0 Å². The minimum Gasteiger partial charge on any atom is -0.361 e. The van der Waals surface area contributed by atoms with E-state index in [4.69, 9.17) is 4.74 Å². The fraction of sp³-hybridized carbons (Fsp3) is 0.176. The summed E-state index contributed by atoms with van der Waals surface area (Å²) in [6.07, 6.45) is -0.171. The van der Waals surface area contributed by atoms with E-state index in [2.05, 4.69) is 27.8 Å². The average Bonchev–Trinajstić information content (AvgIpc) is 2.46. The van der Waals surface area contributed by atoms with Crippen LogP contribution in [0.4, 0.5) is 0 Å². The average molecular weight is 315 g/mol. The summed E-state index contributed by atoms with van der Waals surface area (Å²) in [7, 11) is 0. The molecule has 0 aliphatic rings. The third kappa shape index (κ3) is 4.24. The fourth-order valence-electron chi connectivity index (χ4n) is 1.70. The molecule has 1 unspecified atom stereocenters. The van der Waals surface area contributed by atoms with E-state index < -0.39 is 0 Å². The molecule has 19 heavy (non-hydrogen) atoms. The van der Waals surface area contributed by atoms with Crippen molar-refractivity contribution in [1.82, 2.24) is 0 Å². The quantitative estimate of drug-likeness (QED) is 0.754. The van der Waals surface area contributed by atoms with Crippen LogP contribution in [0.5, 0.6) is 0 Å². The van der Waals surface area contributed by atoms with Crippen LogP contribution in [-0.2, 0) is 4.74 Å². The first kappa shape index (κ1) is 13.9. The molecule has 0 aliphatic heterocycles. The molecule has 2 heteroatoms. The Morgan fingerprint density at radius 3 is 2.37 bits per heavy atom. The molecule has 2 aromatic carbocycles. The van der Waals surface area contributed by atoms with Crippen LogP contribution >= 0.6 is 15.9 Å². The molecule has 2 aromatic rings. The standard InChI is InChI=1S/C17H15BrO/c1-2-19-17(15-6-4-3-5-7-15)13-10-14-8-11-16(18)12-9-14/h3-9,11-12,17H,2H2,1H3. The highest BCUT2D eigenvalue weighted by Crippen LogP contribution is 2.16. The van der Waals surface area contributed by atoms with Crippen molar-refractivity contribution in [3.63, 3.8) is 0 Å². The Labute approximate surface area is 122 Å². The molecule has 0 radical (unpaired) electrons. The Kier molecular flexibility index (Phi) is 5.20. The molecule has 0 fully saturated rings. The first-order valence-electron chi connectivity index (χ1n) is 6.23. The molecule has 0 N–H and O–H groups in total. The maximum Gasteiger partial charge on any atom is 0.143 e. The van der Waals surface area contributed by atoms with Gasteiger partial charge in [-0.05, 0) is 36.8 Å². The number of halogens is 1. The van der Waals surface area contributed by atoms with Gasteiger partial charge in [0.1, 0.15) is 6.10 Å². The van der Waals surface area contributed by atoms with E-state index >= 15 is 0 Å². The smallest absolute Gasteiger partial charge is 0.143 e. The Bertz CT molecular complexity index is 564. The van der Waals surface area contributed by atoms with Crippen molar-refractivity contribution in [2.45, 2.75) is 13.0 Å². The highest BCUT2D eigenvalue weighted by atomic mass is 79.9. The first-order chi connectivity index (χ1) is 9.29. The van der Waals surface area contributed by atoms with E-state index in [0.717, 1.165) is 15.6 Å². The lowest BCUT2D eigenvalue weighted by Crippen LogP contribution is -2.01. The number of ether oxygens (including phenoxy) is 1. The second kappa shape index (κ2) is 7.13. The number of benzene rings is 2. The van der Waals surface area contributed by atoms with Gasteiger partial charge in [-0.3, -0.25) is 0 Å². The van der Waals surface area contributed by atoms with Crippen molar-refractivity contribution >= 4 is 15.9 Å². The van der Waals surface area contributed by atoms with Crippen LogP contribution in [-0.4, -0.2) is 6.61 Å². The van der Waals surface area contributed by atoms with E-state index in [1.807, 2.05) is 61.5 Å². The third-order valence-electron chi connectivity index (χ3n) is 2.63. The molecule has 96 valence electrons. The summed E-state index contributed by atoms with van der Waals surface area (Å²) in [6.45, 7) is 2.63. The molecule has 1 nitrogen and oxygen atoms in total. The summed E-state index contributed by atoms with van der Waals surface area (Å²) in [6, 6.07) is 18.0. The lowest BCUT2D eigenvalue weighted by molar-refractivity contribution is 0.103. The molecule has 0 aliphatic carbocycles. The second-order valence-electron chi connectivity index (χ2n) is 4.02. The maximum absolute atomic E-state index is 5.69. The summed E-state index contributed by atoms with van der Waals surface area (Å²) in [4.78, 5) is 0. The maximum atomic E-state index is 5.69. The zero-order chi connectivity index (χ0) is 13.5. The van der Waals surface area contributed by atoms with Crippen LogP contribution in [0.2, 0.25) is 0 Å². The van der Waals surface area contributed by atoms with Crippen LogP contribution in [0.25, 0.3) is 0 Å². The molecular weight excluding hydrogens is 300 g/mol. The summed E-state index contributed by atoms with van der Waals surface area (Å²) >= 11 is 3.41. The van der Waals surface area contributed by atoms with E-state index in [1.165, 1.54) is 0 Å². The zero-order valence-corrected chi connectivity index (χ0v) is 12.4. The molecule has 0 saturated carbocycles. The van der Waals surface area contributed by atoms with Crippen molar-refractivity contribution in [1.29, 1.82) is 0 Å². The van der Waals surface area contributed by atoms with Crippen LogP contribution in [0.3, 0.4) is 0 Å². The van der Waals surface area contributed by atoms with Gasteiger partial charge in [0.05, 0.1) is 0 Å². The first-order valence-corrected chi connectivity index (χ1v) is 7.02. The largest absolute Gasteiger partial charge is 0.361 e. The molecule has 1 atom stereocenters. The predicted molar refractivity (Wildman–Crippen MR) is 81.8 cm³/mol. The van der Waals surface area contributed by atoms with Gasteiger partial charge in [0.15, 0.2) is 0 Å². The molecule has 0 heterocycles. The predicted octanol–water partition coefficient (Wildman–Crippen LogP) is 4.58. The van der Waals surface area contributed by atoms with Crippen molar-refractivity contribution < 1.29 is 4.74 Å². The van der Waals surface area contributed by atoms with Gasteiger partial charge in [-0.15, -0.1) is 0 Å². The van der Waals surface area contributed by atoms with Crippen molar-refractivity contribution in [3.05, 3.63) is 70.2 Å². The van der Waals surface area contributed by atoms with Crippen molar-refractivity contribution in [2.24, 2.45) is 0 Å². The van der Waals surface area contributed by atoms with Gasteiger partial charge in [0, 0.05) is 16.6 Å². The molecular formula is C17H15BrO. The van der Waals surface area contributed by atoms with Gasteiger partial charge in [-0.1, -0.05) is 58.1 Å². The van der Waals surface area contributed by atoms with Crippen LogP contribution < -0.4 is 0 Å². The Balaban J connectivity index is 2.20. The minimum absolute atomic E-state index is 0.171. The van der Waals surface area contributed by atoms with E-state index in [-0.39, 0.29) is 6.10 Å². The molecule has 2 rings (SSSR count). The van der Waals surface area contributed by atoms with E-state index in [9.17, 15) is 0 Å². The van der Waals surface area contributed by atoms with Crippen molar-refractivity contribution in [3.8, 4) is 11.8 Å². The highest BCUT2D eigenvalue weighted by molar-refractivity contribution is 9.10. The van der Waals surface area contributed by atoms with Crippen LogP contribution in [0.15, 0.2) is 59.1 Å². The van der Waals surface area contributed by atoms with Gasteiger partial charge in [0.25, 0.3) is 0 Å².